The third kappa shape index (κ3) is 9.58. The number of benzene rings is 2. The Labute approximate surface area is 254 Å². The number of aliphatic hydroxyl groups excluding tert-OH is 2. The summed E-state index contributed by atoms with van der Waals surface area (Å²) in [5.74, 6) is 0.0450. The molecule has 2 aromatic heterocycles. The summed E-state index contributed by atoms with van der Waals surface area (Å²) < 4.78 is 20.0. The van der Waals surface area contributed by atoms with E-state index in [0.29, 0.717) is 40.4 Å². The van der Waals surface area contributed by atoms with E-state index in [4.69, 9.17) is 9.84 Å². The van der Waals surface area contributed by atoms with Crippen LogP contribution in [0.1, 0.15) is 39.9 Å². The number of halogens is 1. The predicted molar refractivity (Wildman–Crippen MR) is 162 cm³/mol. The number of aryl methyl sites for hydroxylation is 1. The van der Waals surface area contributed by atoms with E-state index in [1.165, 1.54) is 6.07 Å². The van der Waals surface area contributed by atoms with Crippen LogP contribution in [0.2, 0.25) is 0 Å². The Morgan fingerprint density at radius 2 is 1.80 bits per heavy atom. The lowest BCUT2D eigenvalue weighted by atomic mass is 10.0. The molecule has 44 heavy (non-hydrogen) atoms. The molecule has 1 atom stereocenters. The molecule has 0 saturated heterocycles. The van der Waals surface area contributed by atoms with Gasteiger partial charge in [0.05, 0.1) is 29.7 Å². The van der Waals surface area contributed by atoms with Crippen molar-refractivity contribution >= 4 is 17.6 Å². The first kappa shape index (κ1) is 32.1. The molecule has 10 nitrogen and oxygen atoms in total. The largest absolute Gasteiger partial charge is 0.457 e. The number of carbonyl (C=O) groups excluding carboxylic acids is 3. The molecule has 0 radical (unpaired) electrons. The van der Waals surface area contributed by atoms with Gasteiger partial charge in [-0.15, -0.1) is 0 Å². The van der Waals surface area contributed by atoms with E-state index in [2.05, 4.69) is 20.6 Å². The van der Waals surface area contributed by atoms with E-state index in [-0.39, 0.29) is 55.8 Å². The van der Waals surface area contributed by atoms with Crippen LogP contribution in [-0.2, 0) is 22.4 Å². The summed E-state index contributed by atoms with van der Waals surface area (Å²) in [6.45, 7) is 1.69. The number of aromatic amines is 1. The second-order valence-corrected chi connectivity index (χ2v) is 10.4. The van der Waals surface area contributed by atoms with Crippen LogP contribution in [0.5, 0.6) is 11.5 Å². The van der Waals surface area contributed by atoms with Gasteiger partial charge in [0.25, 0.3) is 5.91 Å². The molecular formula is C33H35FN4O6. The zero-order chi connectivity index (χ0) is 31.5. The smallest absolute Gasteiger partial charge is 0.252 e. The minimum Gasteiger partial charge on any atom is -0.457 e. The zero-order valence-corrected chi connectivity index (χ0v) is 24.3. The maximum atomic E-state index is 14.0. The molecule has 5 N–H and O–H groups in total. The highest BCUT2D eigenvalue weighted by Crippen LogP contribution is 2.26. The number of ketones is 1. The minimum absolute atomic E-state index is 0.0258. The van der Waals surface area contributed by atoms with Crippen molar-refractivity contribution in [2.75, 3.05) is 19.7 Å². The van der Waals surface area contributed by atoms with Crippen molar-refractivity contribution in [3.05, 3.63) is 101 Å². The zero-order valence-electron chi connectivity index (χ0n) is 24.3. The summed E-state index contributed by atoms with van der Waals surface area (Å²) in [5, 5.41) is 23.3. The van der Waals surface area contributed by atoms with Gasteiger partial charge in [-0.3, -0.25) is 19.4 Å². The highest BCUT2D eigenvalue weighted by Gasteiger charge is 2.13. The molecule has 11 heteroatoms. The van der Waals surface area contributed by atoms with Crippen molar-refractivity contribution in [2.24, 2.45) is 0 Å². The first-order valence-corrected chi connectivity index (χ1v) is 14.2. The highest BCUT2D eigenvalue weighted by molar-refractivity contribution is 5.95. The predicted octanol–water partition coefficient (Wildman–Crippen LogP) is 3.65. The molecule has 0 aliphatic rings. The monoisotopic (exact) mass is 602 g/mol. The van der Waals surface area contributed by atoms with E-state index in [1.807, 2.05) is 6.92 Å². The molecule has 230 valence electrons. The van der Waals surface area contributed by atoms with Crippen LogP contribution in [0.3, 0.4) is 0 Å². The van der Waals surface area contributed by atoms with Gasteiger partial charge in [0.2, 0.25) is 5.91 Å². The van der Waals surface area contributed by atoms with Crippen molar-refractivity contribution in [3.8, 4) is 22.9 Å². The number of aromatic nitrogens is 2. The highest BCUT2D eigenvalue weighted by atomic mass is 19.1. The third-order valence-electron chi connectivity index (χ3n) is 6.71. The molecule has 0 aliphatic heterocycles. The molecule has 2 amide bonds. The average Bonchev–Trinajstić information content (AvgIpc) is 3.52. The molecule has 0 saturated carbocycles. The van der Waals surface area contributed by atoms with E-state index >= 15 is 0 Å². The fourth-order valence-electron chi connectivity index (χ4n) is 4.39. The van der Waals surface area contributed by atoms with Crippen LogP contribution in [-0.4, -0.2) is 63.6 Å². The van der Waals surface area contributed by atoms with E-state index in [9.17, 15) is 23.9 Å². The Bertz CT molecular complexity index is 1590. The van der Waals surface area contributed by atoms with Gasteiger partial charge in [0.15, 0.2) is 0 Å². The van der Waals surface area contributed by atoms with Crippen molar-refractivity contribution in [2.45, 2.75) is 38.7 Å². The maximum Gasteiger partial charge on any atom is 0.252 e. The molecule has 1 unspecified atom stereocenters. The first-order chi connectivity index (χ1) is 21.2. The Morgan fingerprint density at radius 3 is 2.57 bits per heavy atom. The van der Waals surface area contributed by atoms with Crippen LogP contribution < -0.4 is 15.4 Å². The molecule has 0 aliphatic carbocycles. The first-order valence-electron chi connectivity index (χ1n) is 14.2. The lowest BCUT2D eigenvalue weighted by Crippen LogP contribution is -2.34. The number of ether oxygens (including phenoxy) is 1. The number of Topliss-reactive ketones (excluding diaryl/α,β-unsaturated/α-hetero) is 1. The number of pyridine rings is 1. The second-order valence-electron chi connectivity index (χ2n) is 10.4. The number of nitrogens with zero attached hydrogens (tertiary/aromatic N) is 1. The SMILES string of the molecule is Cc1ccc(F)c(CC(=O)Cc2ccc(Oc3ccnc(-c4cc(C(=O)NCCCC(=O)NCC(O)CO)c[nH]4)c3)cc2)c1. The number of nitrogens with one attached hydrogen (secondary N) is 3. The number of aliphatic hydroxyl groups is 2. The van der Waals surface area contributed by atoms with Crippen LogP contribution in [0.25, 0.3) is 11.4 Å². The average molecular weight is 603 g/mol. The minimum atomic E-state index is -0.997. The molecule has 4 aromatic rings. The number of rotatable bonds is 15. The Morgan fingerprint density at radius 1 is 1.00 bits per heavy atom. The summed E-state index contributed by atoms with van der Waals surface area (Å²) in [7, 11) is 0. The maximum absolute atomic E-state index is 14.0. The molecule has 0 fully saturated rings. The van der Waals surface area contributed by atoms with Gasteiger partial charge in [0.1, 0.15) is 23.1 Å². The standard InChI is InChI=1S/C33H35FN4O6/c1-21-4-9-29(34)23(13-21)15-25(40)14-22-5-7-27(8-6-22)44-28-10-12-35-31(17-28)30-16-24(18-37-30)33(43)36-11-2-3-32(42)38-19-26(41)20-39/h4-10,12-13,16-18,26,37,39,41H,2-3,11,14-15,19-20H2,1H3,(H,36,43)(H,38,42). The second kappa shape index (κ2) is 15.6. The fraction of sp³-hybridized carbons (Fsp3) is 0.273. The van der Waals surface area contributed by atoms with E-state index in [0.717, 1.165) is 11.1 Å². The summed E-state index contributed by atoms with van der Waals surface area (Å²) in [4.78, 5) is 44.2. The van der Waals surface area contributed by atoms with Crippen LogP contribution >= 0.6 is 0 Å². The van der Waals surface area contributed by atoms with E-state index < -0.39 is 12.7 Å². The van der Waals surface area contributed by atoms with Gasteiger partial charge in [0, 0.05) is 50.8 Å². The molecule has 0 bridgehead atoms. The van der Waals surface area contributed by atoms with Crippen LogP contribution in [0, 0.1) is 12.7 Å². The van der Waals surface area contributed by atoms with Gasteiger partial charge in [-0.1, -0.05) is 29.8 Å². The van der Waals surface area contributed by atoms with Crippen LogP contribution in [0.4, 0.5) is 4.39 Å². The van der Waals surface area contributed by atoms with Crippen molar-refractivity contribution in [3.63, 3.8) is 0 Å². The normalized spacial score (nSPS) is 11.5. The van der Waals surface area contributed by atoms with Crippen molar-refractivity contribution in [1.29, 1.82) is 0 Å². The Balaban J connectivity index is 1.26. The molecule has 4 rings (SSSR count). The summed E-state index contributed by atoms with van der Waals surface area (Å²) in [6, 6.07) is 17.0. The molecule has 2 heterocycles. The lowest BCUT2D eigenvalue weighted by molar-refractivity contribution is -0.121. The van der Waals surface area contributed by atoms with Gasteiger partial charge in [-0.05, 0) is 54.8 Å². The summed E-state index contributed by atoms with van der Waals surface area (Å²) >= 11 is 0. The fourth-order valence-corrected chi connectivity index (χ4v) is 4.39. The topological polar surface area (TPSA) is 154 Å². The molecular weight excluding hydrogens is 567 g/mol. The number of hydrogen-bond acceptors (Lipinski definition) is 7. The van der Waals surface area contributed by atoms with Crippen molar-refractivity contribution < 1.29 is 33.7 Å². The quantitative estimate of drug-likeness (QED) is 0.130. The van der Waals surface area contributed by atoms with Crippen molar-refractivity contribution in [1.82, 2.24) is 20.6 Å². The summed E-state index contributed by atoms with van der Waals surface area (Å²) in [6.07, 6.45) is 2.96. The molecule has 0 spiro atoms. The van der Waals surface area contributed by atoms with Gasteiger partial charge >= 0.3 is 0 Å². The third-order valence-corrected chi connectivity index (χ3v) is 6.71. The lowest BCUT2D eigenvalue weighted by Gasteiger charge is -2.09. The molecule has 2 aromatic carbocycles. The van der Waals surface area contributed by atoms with Gasteiger partial charge < -0.3 is 30.6 Å². The van der Waals surface area contributed by atoms with E-state index in [1.54, 1.807) is 67.0 Å². The number of hydrogen-bond donors (Lipinski definition) is 5. The Kier molecular flexibility index (Phi) is 11.3. The number of carbonyl (C=O) groups is 3. The van der Waals surface area contributed by atoms with Gasteiger partial charge in [-0.25, -0.2) is 4.39 Å². The number of amides is 2. The number of H-pyrrole nitrogens is 1. The van der Waals surface area contributed by atoms with Gasteiger partial charge in [-0.2, -0.15) is 0 Å². The Hall–Kier alpha value is -4.87. The van der Waals surface area contributed by atoms with Crippen LogP contribution in [0.15, 0.2) is 73.1 Å². The summed E-state index contributed by atoms with van der Waals surface area (Å²) in [5.41, 5.74) is 3.68.